The first kappa shape index (κ1) is 14.6. The maximum absolute atomic E-state index is 10.9. The molecule has 106 valence electrons. The van der Waals surface area contributed by atoms with Crippen molar-refractivity contribution in [2.24, 2.45) is 5.92 Å². The molecular weight excluding hydrogens is 266 g/mol. The van der Waals surface area contributed by atoms with Crippen molar-refractivity contribution in [3.63, 3.8) is 0 Å². The molecule has 1 unspecified atom stereocenters. The van der Waals surface area contributed by atoms with Gasteiger partial charge >= 0.3 is 5.97 Å². The number of carbonyl (C=O) groups is 1. The molecular formula is C17H15NO3. The molecule has 0 fully saturated rings. The number of nitrogens with zero attached hydrogens (tertiary/aromatic N) is 1. The van der Waals surface area contributed by atoms with Gasteiger partial charge in [0, 0.05) is 6.08 Å². The van der Waals surface area contributed by atoms with E-state index in [9.17, 15) is 4.79 Å². The minimum absolute atomic E-state index is 0.0316. The number of esters is 1. The van der Waals surface area contributed by atoms with E-state index in [4.69, 9.17) is 14.7 Å². The van der Waals surface area contributed by atoms with Crippen molar-refractivity contribution in [1.82, 2.24) is 0 Å². The van der Waals surface area contributed by atoms with E-state index < -0.39 is 5.97 Å². The van der Waals surface area contributed by atoms with E-state index in [1.165, 1.54) is 0 Å². The second-order valence-corrected chi connectivity index (χ2v) is 4.44. The predicted molar refractivity (Wildman–Crippen MR) is 79.1 cm³/mol. The summed E-state index contributed by atoms with van der Waals surface area (Å²) in [6, 6.07) is 9.69. The molecule has 0 spiro atoms. The number of carbonyl (C=O) groups excluding carboxylic acids is 1. The van der Waals surface area contributed by atoms with Crippen molar-refractivity contribution in [3.05, 3.63) is 60.7 Å². The van der Waals surface area contributed by atoms with Crippen LogP contribution in [0.1, 0.15) is 12.0 Å². The Morgan fingerprint density at radius 1 is 1.43 bits per heavy atom. The molecule has 0 N–H and O–H groups in total. The van der Waals surface area contributed by atoms with Gasteiger partial charge in [-0.25, -0.2) is 4.79 Å². The molecule has 0 amide bonds. The molecule has 4 nitrogen and oxygen atoms in total. The maximum atomic E-state index is 10.9. The third-order valence-electron chi connectivity index (χ3n) is 3.05. The maximum Gasteiger partial charge on any atom is 0.333 e. The topological polar surface area (TPSA) is 59.3 Å². The van der Waals surface area contributed by atoms with Crippen LogP contribution < -0.4 is 4.74 Å². The lowest BCUT2D eigenvalue weighted by molar-refractivity contribution is -0.144. The minimum Gasteiger partial charge on any atom is -0.457 e. The predicted octanol–water partition coefficient (Wildman–Crippen LogP) is 3.24. The van der Waals surface area contributed by atoms with Gasteiger partial charge in [-0.3, -0.25) is 0 Å². The number of allylic oxidation sites excluding steroid dienone is 4. The Morgan fingerprint density at radius 3 is 2.76 bits per heavy atom. The highest BCUT2D eigenvalue weighted by Gasteiger charge is 2.08. The Morgan fingerprint density at radius 2 is 2.19 bits per heavy atom. The molecule has 0 bridgehead atoms. The van der Waals surface area contributed by atoms with Gasteiger partial charge in [0.1, 0.15) is 5.75 Å². The van der Waals surface area contributed by atoms with Gasteiger partial charge in [-0.2, -0.15) is 5.26 Å². The van der Waals surface area contributed by atoms with Crippen molar-refractivity contribution >= 4 is 11.5 Å². The highest BCUT2D eigenvalue weighted by Crippen LogP contribution is 2.25. The fourth-order valence-electron chi connectivity index (χ4n) is 1.89. The lowest BCUT2D eigenvalue weighted by atomic mass is 9.94. The van der Waals surface area contributed by atoms with Crippen LogP contribution in [0.25, 0.3) is 5.57 Å². The Bertz CT molecular complexity index is 620. The summed E-state index contributed by atoms with van der Waals surface area (Å²) in [6.07, 6.45) is 7.74. The summed E-state index contributed by atoms with van der Waals surface area (Å²) in [5.41, 5.74) is 2.14. The Hall–Kier alpha value is -2.80. The van der Waals surface area contributed by atoms with E-state index in [1.807, 2.05) is 36.4 Å². The molecule has 0 heterocycles. The van der Waals surface area contributed by atoms with Crippen LogP contribution in [0.2, 0.25) is 0 Å². The fourth-order valence-corrected chi connectivity index (χ4v) is 1.89. The number of nitriles is 1. The summed E-state index contributed by atoms with van der Waals surface area (Å²) in [4.78, 5) is 10.9. The number of rotatable bonds is 5. The first-order chi connectivity index (χ1) is 10.2. The first-order valence-corrected chi connectivity index (χ1v) is 6.53. The lowest BCUT2D eigenvalue weighted by Gasteiger charge is -2.11. The number of hydrogen-bond donors (Lipinski definition) is 0. The smallest absolute Gasteiger partial charge is 0.333 e. The average molecular weight is 281 g/mol. The highest BCUT2D eigenvalue weighted by atomic mass is 16.7. The third kappa shape index (κ3) is 4.08. The standard InChI is InChI=1S/C17H15NO3/c1-2-17(19)21-12-20-16-9-7-15(8-10-16)14-5-3-13(11-18)4-6-14/h2-3,5-10,13H,1,4,12H2. The quantitative estimate of drug-likeness (QED) is 0.472. The van der Waals surface area contributed by atoms with Gasteiger partial charge in [0.15, 0.2) is 0 Å². The molecule has 2 rings (SSSR count). The molecule has 0 aromatic heterocycles. The van der Waals surface area contributed by atoms with Gasteiger partial charge < -0.3 is 9.47 Å². The molecule has 1 aliphatic rings. The van der Waals surface area contributed by atoms with Crippen LogP contribution in [0, 0.1) is 17.2 Å². The third-order valence-corrected chi connectivity index (χ3v) is 3.05. The molecule has 1 atom stereocenters. The van der Waals surface area contributed by atoms with Crippen LogP contribution in [0.15, 0.2) is 55.1 Å². The van der Waals surface area contributed by atoms with Crippen LogP contribution in [0.5, 0.6) is 5.75 Å². The summed E-state index contributed by atoms with van der Waals surface area (Å²) in [6.45, 7) is 3.16. The Balaban J connectivity index is 1.92. The zero-order valence-corrected chi connectivity index (χ0v) is 11.5. The molecule has 0 aliphatic heterocycles. The molecule has 0 radical (unpaired) electrons. The Kier molecular flexibility index (Phi) is 4.94. The Labute approximate surface area is 123 Å². The molecule has 1 aromatic rings. The van der Waals surface area contributed by atoms with Gasteiger partial charge in [0.05, 0.1) is 12.0 Å². The van der Waals surface area contributed by atoms with Gasteiger partial charge in [-0.15, -0.1) is 0 Å². The van der Waals surface area contributed by atoms with Crippen LogP contribution in [0.3, 0.4) is 0 Å². The molecule has 1 aromatic carbocycles. The van der Waals surface area contributed by atoms with E-state index in [2.05, 4.69) is 18.7 Å². The van der Waals surface area contributed by atoms with E-state index in [1.54, 1.807) is 0 Å². The average Bonchev–Trinajstić information content (AvgIpc) is 2.55. The van der Waals surface area contributed by atoms with E-state index >= 15 is 0 Å². The zero-order chi connectivity index (χ0) is 15.1. The van der Waals surface area contributed by atoms with Gasteiger partial charge in [-0.1, -0.05) is 36.9 Å². The number of ether oxygens (including phenoxy) is 2. The summed E-state index contributed by atoms with van der Waals surface area (Å²) in [5.74, 6) is 0.0676. The van der Waals surface area contributed by atoms with Crippen molar-refractivity contribution in [3.8, 4) is 11.8 Å². The van der Waals surface area contributed by atoms with Crippen molar-refractivity contribution in [2.45, 2.75) is 6.42 Å². The van der Waals surface area contributed by atoms with E-state index in [0.717, 1.165) is 23.6 Å². The fraction of sp³-hybridized carbons (Fsp3) is 0.176. The number of benzene rings is 1. The molecule has 21 heavy (non-hydrogen) atoms. The molecule has 1 aliphatic carbocycles. The highest BCUT2D eigenvalue weighted by molar-refractivity contribution is 5.81. The lowest BCUT2D eigenvalue weighted by Crippen LogP contribution is -2.07. The summed E-state index contributed by atoms with van der Waals surface area (Å²) in [7, 11) is 0. The number of hydrogen-bond acceptors (Lipinski definition) is 4. The van der Waals surface area contributed by atoms with E-state index in [0.29, 0.717) is 5.75 Å². The monoisotopic (exact) mass is 281 g/mol. The van der Waals surface area contributed by atoms with E-state index in [-0.39, 0.29) is 12.7 Å². The molecule has 0 saturated carbocycles. The van der Waals surface area contributed by atoms with Gasteiger partial charge in [-0.05, 0) is 29.7 Å². The minimum atomic E-state index is -0.517. The normalized spacial score (nSPS) is 16.5. The largest absolute Gasteiger partial charge is 0.457 e. The SMILES string of the molecule is C=CC(=O)OCOc1ccc(C2=CCC(C#N)C=C2)cc1. The summed E-state index contributed by atoms with van der Waals surface area (Å²) < 4.78 is 10.0. The van der Waals surface area contributed by atoms with Crippen molar-refractivity contribution in [2.75, 3.05) is 6.79 Å². The van der Waals surface area contributed by atoms with Gasteiger partial charge in [0.2, 0.25) is 6.79 Å². The first-order valence-electron chi connectivity index (χ1n) is 6.53. The van der Waals surface area contributed by atoms with Crippen molar-refractivity contribution < 1.29 is 14.3 Å². The van der Waals surface area contributed by atoms with Crippen LogP contribution in [-0.2, 0) is 9.53 Å². The van der Waals surface area contributed by atoms with Crippen LogP contribution in [-0.4, -0.2) is 12.8 Å². The summed E-state index contributed by atoms with van der Waals surface area (Å²) in [5, 5.41) is 8.83. The molecule has 0 saturated heterocycles. The molecule has 4 heteroatoms. The van der Waals surface area contributed by atoms with Crippen LogP contribution in [0.4, 0.5) is 0 Å². The second-order valence-electron chi connectivity index (χ2n) is 4.44. The van der Waals surface area contributed by atoms with Gasteiger partial charge in [0.25, 0.3) is 0 Å². The van der Waals surface area contributed by atoms with Crippen LogP contribution >= 0.6 is 0 Å². The van der Waals surface area contributed by atoms with Crippen molar-refractivity contribution in [1.29, 1.82) is 5.26 Å². The second kappa shape index (κ2) is 7.11. The summed E-state index contributed by atoms with van der Waals surface area (Å²) >= 11 is 0. The zero-order valence-electron chi connectivity index (χ0n) is 11.5.